The van der Waals surface area contributed by atoms with Crippen molar-refractivity contribution in [2.45, 2.75) is 6.92 Å². The number of rotatable bonds is 3. The molecule has 2 aromatic rings. The van der Waals surface area contributed by atoms with Crippen molar-refractivity contribution >= 4 is 5.97 Å². The maximum atomic E-state index is 11.0. The molecule has 86 valence electrons. The van der Waals surface area contributed by atoms with Crippen LogP contribution < -0.4 is 4.74 Å². The Morgan fingerprint density at radius 2 is 2.18 bits per heavy atom. The summed E-state index contributed by atoms with van der Waals surface area (Å²) in [6.45, 7) is 1.83. The fourth-order valence-corrected chi connectivity index (χ4v) is 1.32. The van der Waals surface area contributed by atoms with E-state index in [1.807, 2.05) is 13.0 Å². The lowest BCUT2D eigenvalue weighted by Gasteiger charge is -2.08. The third-order valence-corrected chi connectivity index (χ3v) is 2.18. The number of carboxylic acids is 1. The first-order valence-corrected chi connectivity index (χ1v) is 4.95. The number of aryl methyl sites for hydroxylation is 1. The molecular weight excluding hydrogens is 220 g/mol. The summed E-state index contributed by atoms with van der Waals surface area (Å²) in [5, 5.41) is 8.98. The second-order valence-corrected chi connectivity index (χ2v) is 3.40. The molecule has 2 heterocycles. The van der Waals surface area contributed by atoms with Gasteiger partial charge in [-0.15, -0.1) is 0 Å². The van der Waals surface area contributed by atoms with Crippen molar-refractivity contribution in [1.29, 1.82) is 0 Å². The molecule has 0 fully saturated rings. The van der Waals surface area contributed by atoms with Crippen LogP contribution in [0, 0.1) is 6.92 Å². The Balaban J connectivity index is 2.37. The average Bonchev–Trinajstić information content (AvgIpc) is 2.32. The molecule has 0 amide bonds. The lowest BCUT2D eigenvalue weighted by Crippen LogP contribution is -2.01. The van der Waals surface area contributed by atoms with Gasteiger partial charge in [-0.3, -0.25) is 4.98 Å². The lowest BCUT2D eigenvalue weighted by atomic mass is 10.2. The zero-order valence-electron chi connectivity index (χ0n) is 9.12. The van der Waals surface area contributed by atoms with Crippen LogP contribution in [0.4, 0.5) is 0 Å². The van der Waals surface area contributed by atoms with Gasteiger partial charge in [0.2, 0.25) is 5.88 Å². The van der Waals surface area contributed by atoms with E-state index in [1.54, 1.807) is 12.3 Å². The normalized spacial score (nSPS) is 9.94. The van der Waals surface area contributed by atoms with E-state index in [4.69, 9.17) is 9.84 Å². The fraction of sp³-hybridized carbons (Fsp3) is 0.0833. The average molecular weight is 230 g/mol. The molecule has 0 saturated heterocycles. The van der Waals surface area contributed by atoms with Crippen molar-refractivity contribution in [3.63, 3.8) is 0 Å². The molecule has 0 aliphatic heterocycles. The van der Waals surface area contributed by atoms with E-state index in [-0.39, 0.29) is 11.3 Å². The minimum atomic E-state index is -1.06. The van der Waals surface area contributed by atoms with Crippen molar-refractivity contribution in [3.8, 4) is 11.6 Å². The maximum absolute atomic E-state index is 11.0. The van der Waals surface area contributed by atoms with Gasteiger partial charge in [-0.25, -0.2) is 9.78 Å². The number of ether oxygens (including phenoxy) is 1. The van der Waals surface area contributed by atoms with E-state index in [0.717, 1.165) is 5.56 Å². The molecule has 0 bridgehead atoms. The van der Waals surface area contributed by atoms with Crippen LogP contribution in [0.15, 0.2) is 36.8 Å². The summed E-state index contributed by atoms with van der Waals surface area (Å²) in [4.78, 5) is 18.8. The van der Waals surface area contributed by atoms with E-state index >= 15 is 0 Å². The Morgan fingerprint density at radius 1 is 1.35 bits per heavy atom. The molecule has 2 rings (SSSR count). The molecule has 2 aromatic heterocycles. The number of hydrogen-bond acceptors (Lipinski definition) is 4. The minimum Gasteiger partial charge on any atom is -0.478 e. The number of pyridine rings is 2. The van der Waals surface area contributed by atoms with Crippen LogP contribution in [0.25, 0.3) is 0 Å². The van der Waals surface area contributed by atoms with Crippen molar-refractivity contribution in [1.82, 2.24) is 9.97 Å². The molecule has 17 heavy (non-hydrogen) atoms. The second-order valence-electron chi connectivity index (χ2n) is 3.40. The summed E-state index contributed by atoms with van der Waals surface area (Å²) in [7, 11) is 0. The van der Waals surface area contributed by atoms with E-state index < -0.39 is 5.97 Å². The molecule has 5 heteroatoms. The molecule has 1 N–H and O–H groups in total. The van der Waals surface area contributed by atoms with Gasteiger partial charge in [0.05, 0.1) is 6.20 Å². The van der Waals surface area contributed by atoms with Gasteiger partial charge in [-0.2, -0.15) is 0 Å². The second kappa shape index (κ2) is 4.61. The molecular formula is C12H10N2O3. The molecule has 0 aromatic carbocycles. The quantitative estimate of drug-likeness (QED) is 0.875. The topological polar surface area (TPSA) is 72.3 Å². The van der Waals surface area contributed by atoms with Crippen LogP contribution in [0.3, 0.4) is 0 Å². The predicted octanol–water partition coefficient (Wildman–Crippen LogP) is 2.28. The molecule has 0 spiro atoms. The van der Waals surface area contributed by atoms with Gasteiger partial charge < -0.3 is 9.84 Å². The number of carbonyl (C=O) groups is 1. The summed E-state index contributed by atoms with van der Waals surface area (Å²) in [5.41, 5.74) is 0.887. The van der Waals surface area contributed by atoms with Crippen LogP contribution >= 0.6 is 0 Å². The molecule has 0 atom stereocenters. The zero-order chi connectivity index (χ0) is 12.3. The largest absolute Gasteiger partial charge is 0.478 e. The van der Waals surface area contributed by atoms with Crippen molar-refractivity contribution in [2.75, 3.05) is 0 Å². The molecule has 5 nitrogen and oxygen atoms in total. The number of hydrogen-bond donors (Lipinski definition) is 1. The maximum Gasteiger partial charge on any atom is 0.339 e. The first-order valence-electron chi connectivity index (χ1n) is 4.95. The first kappa shape index (κ1) is 11.1. The Morgan fingerprint density at radius 3 is 2.88 bits per heavy atom. The molecule has 0 radical (unpaired) electrons. The standard InChI is InChI=1S/C12H10N2O3/c1-8-3-2-5-14-11(8)17-10-7-13-6-4-9(10)12(15)16/h2-7H,1H3,(H,15,16). The molecule has 0 unspecified atom stereocenters. The SMILES string of the molecule is Cc1cccnc1Oc1cnccc1C(=O)O. The fourth-order valence-electron chi connectivity index (χ4n) is 1.32. The Labute approximate surface area is 97.7 Å². The summed E-state index contributed by atoms with van der Waals surface area (Å²) in [6, 6.07) is 5.00. The van der Waals surface area contributed by atoms with E-state index in [9.17, 15) is 4.79 Å². The van der Waals surface area contributed by atoms with Gasteiger partial charge in [0, 0.05) is 18.0 Å². The van der Waals surface area contributed by atoms with Crippen molar-refractivity contribution < 1.29 is 14.6 Å². The van der Waals surface area contributed by atoms with E-state index in [0.29, 0.717) is 5.88 Å². The summed E-state index contributed by atoms with van der Waals surface area (Å²) in [5.74, 6) is -0.499. The highest BCUT2D eigenvalue weighted by atomic mass is 16.5. The monoisotopic (exact) mass is 230 g/mol. The Kier molecular flexibility index (Phi) is 3.00. The van der Waals surface area contributed by atoms with Crippen LogP contribution in [-0.4, -0.2) is 21.0 Å². The predicted molar refractivity (Wildman–Crippen MR) is 60.2 cm³/mol. The molecule has 0 saturated carbocycles. The number of nitrogens with zero attached hydrogens (tertiary/aromatic N) is 2. The number of carboxylic acid groups (broad SMARTS) is 1. The van der Waals surface area contributed by atoms with Crippen molar-refractivity contribution in [2.24, 2.45) is 0 Å². The van der Waals surface area contributed by atoms with Crippen molar-refractivity contribution in [3.05, 3.63) is 47.9 Å². The van der Waals surface area contributed by atoms with E-state index in [1.165, 1.54) is 18.5 Å². The zero-order valence-corrected chi connectivity index (χ0v) is 9.12. The van der Waals surface area contributed by atoms with Gasteiger partial charge in [0.1, 0.15) is 5.56 Å². The Hall–Kier alpha value is -2.43. The summed E-state index contributed by atoms with van der Waals surface area (Å²) in [6.07, 6.45) is 4.35. The lowest BCUT2D eigenvalue weighted by molar-refractivity contribution is 0.0694. The number of aromatic carboxylic acids is 1. The van der Waals surface area contributed by atoms with Gasteiger partial charge in [0.15, 0.2) is 5.75 Å². The van der Waals surface area contributed by atoms with Gasteiger partial charge in [-0.1, -0.05) is 6.07 Å². The van der Waals surface area contributed by atoms with Crippen LogP contribution in [0.5, 0.6) is 11.6 Å². The van der Waals surface area contributed by atoms with Gasteiger partial charge in [0.25, 0.3) is 0 Å². The smallest absolute Gasteiger partial charge is 0.339 e. The van der Waals surface area contributed by atoms with Gasteiger partial charge >= 0.3 is 5.97 Å². The third kappa shape index (κ3) is 2.39. The van der Waals surface area contributed by atoms with Crippen LogP contribution in [0.2, 0.25) is 0 Å². The van der Waals surface area contributed by atoms with Crippen LogP contribution in [0.1, 0.15) is 15.9 Å². The highest BCUT2D eigenvalue weighted by molar-refractivity contribution is 5.90. The molecule has 0 aliphatic carbocycles. The highest BCUT2D eigenvalue weighted by Crippen LogP contribution is 2.24. The summed E-state index contributed by atoms with van der Waals surface area (Å²) < 4.78 is 5.45. The van der Waals surface area contributed by atoms with Crippen LogP contribution in [-0.2, 0) is 0 Å². The molecule has 0 aliphatic rings. The first-order chi connectivity index (χ1) is 8.18. The number of aromatic nitrogens is 2. The van der Waals surface area contributed by atoms with Gasteiger partial charge in [-0.05, 0) is 19.1 Å². The highest BCUT2D eigenvalue weighted by Gasteiger charge is 2.12. The third-order valence-electron chi connectivity index (χ3n) is 2.18. The summed E-state index contributed by atoms with van der Waals surface area (Å²) >= 11 is 0. The Bertz CT molecular complexity index is 555. The minimum absolute atomic E-state index is 0.0602. The van der Waals surface area contributed by atoms with E-state index in [2.05, 4.69) is 9.97 Å².